The SMILES string of the molecule is O=C1CCC(c2ccccc2Cl)=NN1/C(=C/c1ccccc1)c1ccccc1. The molecule has 0 N–H and O–H groups in total. The van der Waals surface area contributed by atoms with Crippen molar-refractivity contribution >= 4 is 35.0 Å². The van der Waals surface area contributed by atoms with Crippen molar-refractivity contribution in [2.45, 2.75) is 12.8 Å². The van der Waals surface area contributed by atoms with Crippen LogP contribution in [0.4, 0.5) is 0 Å². The van der Waals surface area contributed by atoms with Crippen LogP contribution in [0.3, 0.4) is 0 Å². The fraction of sp³-hybridized carbons (Fsp3) is 0.0833. The van der Waals surface area contributed by atoms with Crippen LogP contribution in [0.25, 0.3) is 11.8 Å². The molecule has 138 valence electrons. The average Bonchev–Trinajstić information content (AvgIpc) is 2.75. The van der Waals surface area contributed by atoms with E-state index in [1.54, 1.807) is 0 Å². The molecule has 0 bridgehead atoms. The second-order valence-electron chi connectivity index (χ2n) is 6.54. The highest BCUT2D eigenvalue weighted by Crippen LogP contribution is 2.29. The molecule has 0 fully saturated rings. The van der Waals surface area contributed by atoms with Crippen LogP contribution < -0.4 is 0 Å². The Labute approximate surface area is 169 Å². The van der Waals surface area contributed by atoms with E-state index >= 15 is 0 Å². The Balaban J connectivity index is 1.83. The minimum absolute atomic E-state index is 0.0261. The summed E-state index contributed by atoms with van der Waals surface area (Å²) in [4.78, 5) is 12.8. The molecule has 1 amide bonds. The van der Waals surface area contributed by atoms with E-state index in [0.29, 0.717) is 17.9 Å². The second-order valence-corrected chi connectivity index (χ2v) is 6.95. The van der Waals surface area contributed by atoms with Gasteiger partial charge >= 0.3 is 0 Å². The first-order valence-electron chi connectivity index (χ1n) is 9.20. The molecule has 1 aliphatic rings. The van der Waals surface area contributed by atoms with Gasteiger partial charge in [0.25, 0.3) is 0 Å². The highest BCUT2D eigenvalue weighted by molar-refractivity contribution is 6.34. The Bertz CT molecular complexity index is 1040. The third-order valence-corrected chi connectivity index (χ3v) is 4.95. The molecule has 0 unspecified atom stereocenters. The minimum atomic E-state index is -0.0261. The Morgan fingerprint density at radius 1 is 0.857 bits per heavy atom. The first kappa shape index (κ1) is 18.2. The third kappa shape index (κ3) is 3.90. The summed E-state index contributed by atoms with van der Waals surface area (Å²) in [6, 6.07) is 27.4. The van der Waals surface area contributed by atoms with Crippen LogP contribution in [-0.2, 0) is 4.79 Å². The molecule has 4 heteroatoms. The van der Waals surface area contributed by atoms with Gasteiger partial charge in [-0.3, -0.25) is 4.79 Å². The van der Waals surface area contributed by atoms with Crippen molar-refractivity contribution in [2.75, 3.05) is 0 Å². The predicted octanol–water partition coefficient (Wildman–Crippen LogP) is 5.86. The molecular weight excluding hydrogens is 368 g/mol. The maximum absolute atomic E-state index is 12.8. The number of amides is 1. The minimum Gasteiger partial charge on any atom is -0.273 e. The lowest BCUT2D eigenvalue weighted by Crippen LogP contribution is -2.31. The highest BCUT2D eigenvalue weighted by Gasteiger charge is 2.26. The summed E-state index contributed by atoms with van der Waals surface area (Å²) in [6.07, 6.45) is 2.96. The molecule has 0 radical (unpaired) electrons. The number of hydrogen-bond donors (Lipinski definition) is 0. The van der Waals surface area contributed by atoms with Gasteiger partial charge in [-0.1, -0.05) is 90.5 Å². The summed E-state index contributed by atoms with van der Waals surface area (Å²) >= 11 is 6.37. The van der Waals surface area contributed by atoms with Gasteiger partial charge in [-0.25, -0.2) is 0 Å². The van der Waals surface area contributed by atoms with Crippen LogP contribution in [0.15, 0.2) is 90.0 Å². The summed E-state index contributed by atoms with van der Waals surface area (Å²) in [7, 11) is 0. The van der Waals surface area contributed by atoms with E-state index in [4.69, 9.17) is 16.7 Å². The van der Waals surface area contributed by atoms with Crippen LogP contribution in [0.1, 0.15) is 29.5 Å². The molecule has 0 aromatic heterocycles. The van der Waals surface area contributed by atoms with Gasteiger partial charge in [0.2, 0.25) is 5.91 Å². The molecule has 3 aromatic carbocycles. The maximum atomic E-state index is 12.8. The maximum Gasteiger partial charge on any atom is 0.247 e. The van der Waals surface area contributed by atoms with Gasteiger partial charge in [0, 0.05) is 29.0 Å². The molecular formula is C24H19ClN2O. The summed E-state index contributed by atoms with van der Waals surface area (Å²) in [5.41, 5.74) is 4.38. The molecule has 0 saturated heterocycles. The van der Waals surface area contributed by atoms with E-state index in [1.807, 2.05) is 91.0 Å². The van der Waals surface area contributed by atoms with Crippen LogP contribution in [0.5, 0.6) is 0 Å². The van der Waals surface area contributed by atoms with E-state index < -0.39 is 0 Å². The van der Waals surface area contributed by atoms with Crippen molar-refractivity contribution in [3.8, 4) is 0 Å². The van der Waals surface area contributed by atoms with Gasteiger partial charge in [-0.05, 0) is 17.7 Å². The molecule has 28 heavy (non-hydrogen) atoms. The first-order valence-corrected chi connectivity index (χ1v) is 9.58. The van der Waals surface area contributed by atoms with Gasteiger partial charge in [-0.2, -0.15) is 10.1 Å². The fourth-order valence-electron chi connectivity index (χ4n) is 3.21. The molecule has 3 nitrogen and oxygen atoms in total. The normalized spacial score (nSPS) is 14.8. The predicted molar refractivity (Wildman–Crippen MR) is 115 cm³/mol. The smallest absolute Gasteiger partial charge is 0.247 e. The van der Waals surface area contributed by atoms with Crippen molar-refractivity contribution in [3.63, 3.8) is 0 Å². The van der Waals surface area contributed by atoms with Gasteiger partial charge < -0.3 is 0 Å². The molecule has 0 atom stereocenters. The lowest BCUT2D eigenvalue weighted by molar-refractivity contribution is -0.128. The molecule has 3 aromatic rings. The lowest BCUT2D eigenvalue weighted by Gasteiger charge is -2.26. The number of halogens is 1. The zero-order chi connectivity index (χ0) is 19.3. The van der Waals surface area contributed by atoms with Crippen LogP contribution in [0.2, 0.25) is 5.02 Å². The van der Waals surface area contributed by atoms with E-state index in [1.165, 1.54) is 5.01 Å². The zero-order valence-electron chi connectivity index (χ0n) is 15.3. The van der Waals surface area contributed by atoms with Crippen LogP contribution >= 0.6 is 11.6 Å². The summed E-state index contributed by atoms with van der Waals surface area (Å²) in [5.74, 6) is -0.0261. The average molecular weight is 387 g/mol. The van der Waals surface area contributed by atoms with Crippen molar-refractivity contribution in [1.82, 2.24) is 5.01 Å². The van der Waals surface area contributed by atoms with Crippen LogP contribution in [-0.4, -0.2) is 16.6 Å². The molecule has 0 aliphatic carbocycles. The highest BCUT2D eigenvalue weighted by atomic mass is 35.5. The third-order valence-electron chi connectivity index (χ3n) is 4.62. The molecule has 0 saturated carbocycles. The van der Waals surface area contributed by atoms with Gasteiger partial charge in [0.1, 0.15) is 0 Å². The van der Waals surface area contributed by atoms with Crippen molar-refractivity contribution < 1.29 is 4.79 Å². The van der Waals surface area contributed by atoms with Gasteiger partial charge in [-0.15, -0.1) is 0 Å². The first-order chi connectivity index (χ1) is 13.7. The Hall–Kier alpha value is -3.17. The standard InChI is InChI=1S/C24H19ClN2O/c25-21-14-8-7-13-20(21)22-15-16-24(28)27(26-22)23(19-11-5-2-6-12-19)17-18-9-3-1-4-10-18/h1-14,17H,15-16H2/b23-17+. The van der Waals surface area contributed by atoms with Crippen molar-refractivity contribution in [2.24, 2.45) is 5.10 Å². The van der Waals surface area contributed by atoms with Gasteiger partial charge in [0.05, 0.1) is 11.4 Å². The van der Waals surface area contributed by atoms with E-state index in [9.17, 15) is 4.79 Å². The molecule has 0 spiro atoms. The number of carbonyl (C=O) groups excluding carboxylic acids is 1. The van der Waals surface area contributed by atoms with Crippen LogP contribution in [0, 0.1) is 0 Å². The summed E-state index contributed by atoms with van der Waals surface area (Å²) < 4.78 is 0. The van der Waals surface area contributed by atoms with E-state index in [2.05, 4.69) is 0 Å². The van der Waals surface area contributed by atoms with Gasteiger partial charge in [0.15, 0.2) is 0 Å². The number of rotatable bonds is 4. The fourth-order valence-corrected chi connectivity index (χ4v) is 3.46. The zero-order valence-corrected chi connectivity index (χ0v) is 16.0. The summed E-state index contributed by atoms with van der Waals surface area (Å²) in [6.45, 7) is 0. The molecule has 1 aliphatic heterocycles. The number of benzene rings is 3. The van der Waals surface area contributed by atoms with Crippen molar-refractivity contribution in [1.29, 1.82) is 0 Å². The van der Waals surface area contributed by atoms with E-state index in [-0.39, 0.29) is 5.91 Å². The number of hydrazone groups is 1. The lowest BCUT2D eigenvalue weighted by atomic mass is 10.0. The Kier molecular flexibility index (Phi) is 5.36. The number of nitrogens with zero attached hydrogens (tertiary/aromatic N) is 2. The monoisotopic (exact) mass is 386 g/mol. The van der Waals surface area contributed by atoms with E-state index in [0.717, 1.165) is 28.1 Å². The number of hydrogen-bond acceptors (Lipinski definition) is 2. The quantitative estimate of drug-likeness (QED) is 0.516. The Morgan fingerprint density at radius 3 is 2.21 bits per heavy atom. The second kappa shape index (κ2) is 8.24. The largest absolute Gasteiger partial charge is 0.273 e. The van der Waals surface area contributed by atoms with Crippen molar-refractivity contribution in [3.05, 3.63) is 107 Å². The number of carbonyl (C=O) groups is 1. The topological polar surface area (TPSA) is 32.7 Å². The molecule has 1 heterocycles. The summed E-state index contributed by atoms with van der Waals surface area (Å²) in [5, 5.41) is 6.88. The molecule has 4 rings (SSSR count). The Morgan fingerprint density at radius 2 is 1.50 bits per heavy atom.